The van der Waals surface area contributed by atoms with Gasteiger partial charge >= 0.3 is 0 Å². The van der Waals surface area contributed by atoms with Gasteiger partial charge in [-0.15, -0.1) is 0 Å². The van der Waals surface area contributed by atoms with E-state index in [1.165, 1.54) is 12.5 Å². The van der Waals surface area contributed by atoms with Crippen molar-refractivity contribution in [2.24, 2.45) is 5.92 Å². The van der Waals surface area contributed by atoms with Crippen LogP contribution in [-0.4, -0.2) is 50.6 Å². The maximum Gasteiger partial charge on any atom is 0.228 e. The Hall–Kier alpha value is -2.44. The van der Waals surface area contributed by atoms with Gasteiger partial charge in [0.15, 0.2) is 0 Å². The summed E-state index contributed by atoms with van der Waals surface area (Å²) in [6.07, 6.45) is 5.58. The number of nitrogens with one attached hydrogen (secondary N) is 3. The molecule has 7 nitrogen and oxygen atoms in total. The van der Waals surface area contributed by atoms with Gasteiger partial charge in [-0.25, -0.2) is 9.97 Å². The number of carbonyl (C=O) groups excluding carboxylic acids is 1. The van der Waals surface area contributed by atoms with Crippen LogP contribution in [0.15, 0.2) is 18.6 Å². The number of fused-ring (bicyclic) bond motifs is 1. The van der Waals surface area contributed by atoms with E-state index in [0.717, 1.165) is 36.4 Å². The van der Waals surface area contributed by atoms with Gasteiger partial charge in [0.05, 0.1) is 11.8 Å². The highest BCUT2D eigenvalue weighted by Gasteiger charge is 2.48. The fourth-order valence-electron chi connectivity index (χ4n) is 3.25. The molecule has 2 atom stereocenters. The molecule has 1 aliphatic heterocycles. The van der Waals surface area contributed by atoms with Crippen molar-refractivity contribution in [3.05, 3.63) is 18.6 Å². The number of amides is 1. The number of nitrogens with zero attached hydrogens (tertiary/aromatic N) is 3. The van der Waals surface area contributed by atoms with Crippen LogP contribution in [0, 0.1) is 11.3 Å². The number of rotatable bonds is 6. The highest BCUT2D eigenvalue weighted by molar-refractivity contribution is 5.90. The summed E-state index contributed by atoms with van der Waals surface area (Å²) in [5, 5.41) is 11.4. The summed E-state index contributed by atoms with van der Waals surface area (Å²) >= 11 is 0. The van der Waals surface area contributed by atoms with Crippen LogP contribution < -0.4 is 5.32 Å². The number of hydrogen-bond acceptors (Lipinski definition) is 5. The lowest BCUT2D eigenvalue weighted by Gasteiger charge is -2.56. The van der Waals surface area contributed by atoms with E-state index in [1.807, 2.05) is 17.2 Å². The molecule has 1 aliphatic rings. The number of H-pyrrole nitrogens is 1. The van der Waals surface area contributed by atoms with Gasteiger partial charge in [-0.2, -0.15) is 0 Å². The number of aromatic amines is 1. The Morgan fingerprint density at radius 2 is 2.43 bits per heavy atom. The molecule has 0 aromatic carbocycles. The Morgan fingerprint density at radius 3 is 3.17 bits per heavy atom. The predicted molar refractivity (Wildman–Crippen MR) is 89.7 cm³/mol. The quantitative estimate of drug-likeness (QED) is 0.711. The number of anilines is 1. The molecule has 0 unspecified atom stereocenters. The average molecular weight is 314 g/mol. The highest BCUT2D eigenvalue weighted by atomic mass is 16.2. The first-order chi connectivity index (χ1) is 11.1. The summed E-state index contributed by atoms with van der Waals surface area (Å²) in [4.78, 5) is 25.5. The smallest absolute Gasteiger partial charge is 0.228 e. The lowest BCUT2D eigenvalue weighted by Crippen LogP contribution is -2.66. The van der Waals surface area contributed by atoms with Crippen molar-refractivity contribution in [3.8, 4) is 0 Å². The Bertz CT molecular complexity index is 726. The topological polar surface area (TPSA) is 97.8 Å². The average Bonchev–Trinajstić information content (AvgIpc) is 3.02. The minimum atomic E-state index is -0.155. The molecule has 7 heteroatoms. The first-order valence-electron chi connectivity index (χ1n) is 7.87. The van der Waals surface area contributed by atoms with Crippen LogP contribution in [0.5, 0.6) is 0 Å². The van der Waals surface area contributed by atoms with Gasteiger partial charge in [-0.1, -0.05) is 6.92 Å². The van der Waals surface area contributed by atoms with Crippen molar-refractivity contribution in [3.63, 3.8) is 0 Å². The number of aromatic nitrogens is 3. The van der Waals surface area contributed by atoms with E-state index in [-0.39, 0.29) is 17.9 Å². The monoisotopic (exact) mass is 314 g/mol. The predicted octanol–water partition coefficient (Wildman–Crippen LogP) is 2.04. The normalized spacial score (nSPS) is 23.6. The van der Waals surface area contributed by atoms with E-state index < -0.39 is 0 Å². The molecule has 0 spiro atoms. The molecule has 23 heavy (non-hydrogen) atoms. The second-order valence-corrected chi connectivity index (χ2v) is 6.31. The molecule has 122 valence electrons. The van der Waals surface area contributed by atoms with Gasteiger partial charge in [0.2, 0.25) is 5.91 Å². The summed E-state index contributed by atoms with van der Waals surface area (Å²) in [5.41, 5.74) is 0.658. The third kappa shape index (κ3) is 2.67. The van der Waals surface area contributed by atoms with Crippen molar-refractivity contribution in [2.45, 2.75) is 32.2 Å². The van der Waals surface area contributed by atoms with Crippen LogP contribution in [0.25, 0.3) is 11.0 Å². The summed E-state index contributed by atoms with van der Waals surface area (Å²) < 4.78 is 0. The summed E-state index contributed by atoms with van der Waals surface area (Å²) in [6.45, 7) is 5.80. The van der Waals surface area contributed by atoms with Crippen molar-refractivity contribution < 1.29 is 4.79 Å². The van der Waals surface area contributed by atoms with Gasteiger partial charge < -0.3 is 20.6 Å². The van der Waals surface area contributed by atoms with Crippen LogP contribution in [0.3, 0.4) is 0 Å². The van der Waals surface area contributed by atoms with Crippen LogP contribution >= 0.6 is 0 Å². The minimum Gasteiger partial charge on any atom is -0.369 e. The molecule has 3 N–H and O–H groups in total. The molecule has 2 aromatic rings. The minimum absolute atomic E-state index is 0.0376. The molecule has 0 aliphatic carbocycles. The van der Waals surface area contributed by atoms with Gasteiger partial charge in [0, 0.05) is 31.0 Å². The van der Waals surface area contributed by atoms with Gasteiger partial charge in [0.1, 0.15) is 17.8 Å². The molecule has 0 saturated carbocycles. The van der Waals surface area contributed by atoms with Crippen LogP contribution in [0.1, 0.15) is 26.7 Å². The zero-order valence-electron chi connectivity index (χ0n) is 13.5. The standard InChI is InChI=1S/C16H22N6O/c1-11-9-22(13(23)3-6-17)16(11,2)5-8-19-15-12-4-7-18-14(12)20-10-21-15/h4,6-7,10-11,17H,3,5,8-9H2,1-2H3,(H2,18,19,20,21)/t11-,16+/m0/s1. The molecule has 3 heterocycles. The van der Waals surface area contributed by atoms with E-state index in [2.05, 4.69) is 34.1 Å². The zero-order chi connectivity index (χ0) is 16.4. The number of likely N-dealkylation sites (tertiary alicyclic amines) is 1. The third-order valence-corrected chi connectivity index (χ3v) is 4.99. The lowest BCUT2D eigenvalue weighted by molar-refractivity contribution is -0.153. The molecule has 3 rings (SSSR count). The first-order valence-corrected chi connectivity index (χ1v) is 7.87. The maximum absolute atomic E-state index is 12.1. The van der Waals surface area contributed by atoms with Crippen molar-refractivity contribution in [1.29, 1.82) is 5.41 Å². The van der Waals surface area contributed by atoms with Crippen molar-refractivity contribution in [2.75, 3.05) is 18.4 Å². The largest absolute Gasteiger partial charge is 0.369 e. The molecule has 1 amide bonds. The Morgan fingerprint density at radius 1 is 1.61 bits per heavy atom. The van der Waals surface area contributed by atoms with Crippen molar-refractivity contribution >= 4 is 29.0 Å². The van der Waals surface area contributed by atoms with Crippen molar-refractivity contribution in [1.82, 2.24) is 19.9 Å². The fraction of sp³-hybridized carbons (Fsp3) is 0.500. The molecular weight excluding hydrogens is 292 g/mol. The van der Waals surface area contributed by atoms with E-state index in [0.29, 0.717) is 5.92 Å². The molecule has 2 aromatic heterocycles. The summed E-state index contributed by atoms with van der Waals surface area (Å²) in [5.74, 6) is 1.30. The van der Waals surface area contributed by atoms with Gasteiger partial charge in [0.25, 0.3) is 0 Å². The van der Waals surface area contributed by atoms with Crippen LogP contribution in [0.4, 0.5) is 5.82 Å². The molecule has 1 fully saturated rings. The maximum atomic E-state index is 12.1. The first kappa shape index (κ1) is 15.5. The molecule has 0 radical (unpaired) electrons. The Kier molecular flexibility index (Phi) is 4.02. The van der Waals surface area contributed by atoms with Crippen LogP contribution in [0.2, 0.25) is 0 Å². The highest BCUT2D eigenvalue weighted by Crippen LogP contribution is 2.39. The Balaban J connectivity index is 1.64. The van der Waals surface area contributed by atoms with Crippen LogP contribution in [-0.2, 0) is 4.79 Å². The second kappa shape index (κ2) is 5.98. The van der Waals surface area contributed by atoms with E-state index >= 15 is 0 Å². The molecular formula is C16H22N6O. The second-order valence-electron chi connectivity index (χ2n) is 6.31. The van der Waals surface area contributed by atoms with Gasteiger partial charge in [-0.3, -0.25) is 4.79 Å². The third-order valence-electron chi connectivity index (χ3n) is 4.99. The molecule has 1 saturated heterocycles. The molecule has 0 bridgehead atoms. The van der Waals surface area contributed by atoms with E-state index in [9.17, 15) is 4.79 Å². The Labute approximate surface area is 135 Å². The van der Waals surface area contributed by atoms with E-state index in [1.54, 1.807) is 0 Å². The summed E-state index contributed by atoms with van der Waals surface area (Å²) in [7, 11) is 0. The lowest BCUT2D eigenvalue weighted by atomic mass is 9.74. The number of hydrogen-bond donors (Lipinski definition) is 3. The number of carbonyl (C=O) groups is 1. The SMILES string of the molecule is C[C@H]1CN(C(=O)CC=N)[C@]1(C)CCNc1ncnc2[nH]ccc12. The zero-order valence-corrected chi connectivity index (χ0v) is 13.5. The summed E-state index contributed by atoms with van der Waals surface area (Å²) in [6, 6.07) is 1.95. The fourth-order valence-corrected chi connectivity index (χ4v) is 3.25. The van der Waals surface area contributed by atoms with Gasteiger partial charge in [-0.05, 0) is 25.3 Å². The van der Waals surface area contributed by atoms with E-state index in [4.69, 9.17) is 5.41 Å².